The molecule has 2 saturated heterocycles. The van der Waals surface area contributed by atoms with Gasteiger partial charge in [0, 0.05) is 24.7 Å². The van der Waals surface area contributed by atoms with E-state index in [0.717, 1.165) is 12.1 Å². The predicted molar refractivity (Wildman–Crippen MR) is 137 cm³/mol. The van der Waals surface area contributed by atoms with E-state index in [4.69, 9.17) is 14.2 Å². The Morgan fingerprint density at radius 3 is 2.85 bits per heavy atom. The van der Waals surface area contributed by atoms with Crippen molar-refractivity contribution >= 4 is 23.4 Å². The summed E-state index contributed by atoms with van der Waals surface area (Å²) in [4.78, 5) is 34.2. The molecule has 2 atom stereocenters. The van der Waals surface area contributed by atoms with Crippen LogP contribution in [-0.4, -0.2) is 70.2 Å². The highest BCUT2D eigenvalue weighted by Gasteiger charge is 2.41. The van der Waals surface area contributed by atoms with Crippen LogP contribution in [0, 0.1) is 0 Å². The molecule has 210 valence electrons. The van der Waals surface area contributed by atoms with Gasteiger partial charge in [-0.15, -0.1) is 0 Å². The molecule has 1 aromatic carbocycles. The van der Waals surface area contributed by atoms with Crippen LogP contribution in [0.15, 0.2) is 42.9 Å². The van der Waals surface area contributed by atoms with Crippen molar-refractivity contribution in [3.8, 4) is 17.3 Å². The summed E-state index contributed by atoms with van der Waals surface area (Å²) in [5.74, 6) is 0.195. The fourth-order valence-corrected chi connectivity index (χ4v) is 5.03. The zero-order valence-electron chi connectivity index (χ0n) is 21.7. The molecule has 6 rings (SSSR count). The molecule has 11 nitrogen and oxygen atoms in total. The number of aromatic nitrogens is 4. The number of anilines is 3. The van der Waals surface area contributed by atoms with Gasteiger partial charge < -0.3 is 19.1 Å². The summed E-state index contributed by atoms with van der Waals surface area (Å²) in [5.41, 5.74) is 0.0267. The summed E-state index contributed by atoms with van der Waals surface area (Å²) in [7, 11) is 0. The molecule has 3 aliphatic rings. The minimum absolute atomic E-state index is 0.0872. The molecule has 0 spiro atoms. The zero-order valence-corrected chi connectivity index (χ0v) is 21.7. The number of fused-ring (bicyclic) bond motifs is 4. The standard InChI is InChI=1S/C26H26F3N7O4/c1-25(2)39-13-18(40-25)12-38-21-9-20(31-14-32-21)33-24(37)36-17-6-7-35(11-17)19-10-30-22(34-23(19)36)15-4-3-5-16(8-15)26(27,28)29/h3-5,8-10,14,17-18H,6-7,11-13H2,1-2H3,(H,31,32,33,37)/t17?,18-/m0/s1. The summed E-state index contributed by atoms with van der Waals surface area (Å²) in [6.07, 6.45) is -1.25. The maximum Gasteiger partial charge on any atom is 0.416 e. The number of urea groups is 1. The molecular formula is C26H26F3N7O4. The van der Waals surface area contributed by atoms with Gasteiger partial charge in [0.1, 0.15) is 24.9 Å². The highest BCUT2D eigenvalue weighted by molar-refractivity contribution is 6.04. The molecule has 2 fully saturated rings. The Morgan fingerprint density at radius 2 is 2.08 bits per heavy atom. The summed E-state index contributed by atoms with van der Waals surface area (Å²) in [6, 6.07) is 5.63. The van der Waals surface area contributed by atoms with Crippen molar-refractivity contribution < 1.29 is 32.2 Å². The first-order valence-corrected chi connectivity index (χ1v) is 12.7. The van der Waals surface area contributed by atoms with Gasteiger partial charge in [-0.05, 0) is 32.4 Å². The Kier molecular flexibility index (Phi) is 6.45. The minimum atomic E-state index is -4.50. The van der Waals surface area contributed by atoms with Crippen LogP contribution >= 0.6 is 0 Å². The number of nitrogens with zero attached hydrogens (tertiary/aromatic N) is 6. The minimum Gasteiger partial charge on any atom is -0.475 e. The molecular weight excluding hydrogens is 531 g/mol. The topological polar surface area (TPSA) is 115 Å². The van der Waals surface area contributed by atoms with E-state index in [1.807, 2.05) is 13.8 Å². The number of benzene rings is 1. The molecule has 0 saturated carbocycles. The summed E-state index contributed by atoms with van der Waals surface area (Å²) in [6.45, 7) is 5.52. The van der Waals surface area contributed by atoms with E-state index in [1.165, 1.54) is 29.4 Å². The maximum absolute atomic E-state index is 13.6. The van der Waals surface area contributed by atoms with Crippen molar-refractivity contribution in [2.24, 2.45) is 0 Å². The van der Waals surface area contributed by atoms with E-state index in [-0.39, 0.29) is 41.8 Å². The first-order chi connectivity index (χ1) is 19.1. The Morgan fingerprint density at radius 1 is 1.23 bits per heavy atom. The van der Waals surface area contributed by atoms with Crippen molar-refractivity contribution in [1.29, 1.82) is 0 Å². The average molecular weight is 558 g/mol. The number of halogens is 3. The smallest absolute Gasteiger partial charge is 0.416 e. The summed E-state index contributed by atoms with van der Waals surface area (Å²) >= 11 is 0. The quantitative estimate of drug-likeness (QED) is 0.495. The van der Waals surface area contributed by atoms with Crippen molar-refractivity contribution in [3.05, 3.63) is 48.4 Å². The predicted octanol–water partition coefficient (Wildman–Crippen LogP) is 4.11. The van der Waals surface area contributed by atoms with E-state index < -0.39 is 23.6 Å². The van der Waals surface area contributed by atoms with E-state index in [9.17, 15) is 18.0 Å². The number of carbonyl (C=O) groups excluding carboxylic acids is 1. The van der Waals surface area contributed by atoms with Gasteiger partial charge in [-0.25, -0.2) is 24.7 Å². The lowest BCUT2D eigenvalue weighted by Crippen LogP contribution is -2.48. The van der Waals surface area contributed by atoms with Gasteiger partial charge in [-0.3, -0.25) is 10.2 Å². The van der Waals surface area contributed by atoms with Gasteiger partial charge in [0.15, 0.2) is 17.4 Å². The summed E-state index contributed by atoms with van der Waals surface area (Å²) in [5, 5.41) is 2.78. The molecule has 5 heterocycles. The van der Waals surface area contributed by atoms with E-state index >= 15 is 0 Å². The SMILES string of the molecule is CC1(C)OC[C@H](COc2cc(NC(=O)N3c4nc(-c5cccc(C(F)(F)F)c5)ncc4N4CCC3C4)ncn2)O1. The molecule has 2 aromatic heterocycles. The van der Waals surface area contributed by atoms with Gasteiger partial charge in [-0.2, -0.15) is 13.2 Å². The maximum atomic E-state index is 13.6. The van der Waals surface area contributed by atoms with Gasteiger partial charge in [-0.1, -0.05) is 12.1 Å². The van der Waals surface area contributed by atoms with Crippen molar-refractivity contribution in [1.82, 2.24) is 19.9 Å². The number of hydrogen-bond acceptors (Lipinski definition) is 9. The monoisotopic (exact) mass is 557 g/mol. The number of nitrogens with one attached hydrogen (secondary N) is 1. The highest BCUT2D eigenvalue weighted by atomic mass is 19.4. The molecule has 14 heteroatoms. The van der Waals surface area contributed by atoms with Crippen LogP contribution in [0.5, 0.6) is 5.88 Å². The Hall–Kier alpha value is -4.04. The van der Waals surface area contributed by atoms with Gasteiger partial charge in [0.05, 0.1) is 30.1 Å². The van der Waals surface area contributed by atoms with Crippen LogP contribution in [0.4, 0.5) is 35.3 Å². The fraction of sp³-hybridized carbons (Fsp3) is 0.423. The molecule has 40 heavy (non-hydrogen) atoms. The first kappa shape index (κ1) is 26.2. The zero-order chi connectivity index (χ0) is 28.1. The second-order valence-corrected chi connectivity index (χ2v) is 10.2. The van der Waals surface area contributed by atoms with Crippen LogP contribution in [-0.2, 0) is 15.7 Å². The summed E-state index contributed by atoms with van der Waals surface area (Å²) < 4.78 is 56.9. The number of alkyl halides is 3. The van der Waals surface area contributed by atoms with Crippen LogP contribution < -0.4 is 19.9 Å². The van der Waals surface area contributed by atoms with Crippen LogP contribution in [0.2, 0.25) is 0 Å². The van der Waals surface area contributed by atoms with E-state index in [2.05, 4.69) is 30.2 Å². The van der Waals surface area contributed by atoms with Crippen LogP contribution in [0.25, 0.3) is 11.4 Å². The second-order valence-electron chi connectivity index (χ2n) is 10.2. The van der Waals surface area contributed by atoms with Crippen molar-refractivity contribution in [2.75, 3.05) is 41.4 Å². The third kappa shape index (κ3) is 5.23. The van der Waals surface area contributed by atoms with Crippen LogP contribution in [0.3, 0.4) is 0 Å². The lowest BCUT2D eigenvalue weighted by Gasteiger charge is -2.35. The largest absolute Gasteiger partial charge is 0.475 e. The molecule has 3 aliphatic heterocycles. The van der Waals surface area contributed by atoms with Gasteiger partial charge in [0.2, 0.25) is 5.88 Å². The Balaban J connectivity index is 1.22. The van der Waals surface area contributed by atoms with Crippen molar-refractivity contribution in [2.45, 2.75) is 44.4 Å². The van der Waals surface area contributed by atoms with Crippen LogP contribution in [0.1, 0.15) is 25.8 Å². The fourth-order valence-electron chi connectivity index (χ4n) is 5.03. The highest BCUT2D eigenvalue weighted by Crippen LogP contribution is 2.40. The van der Waals surface area contributed by atoms with Gasteiger partial charge >= 0.3 is 12.2 Å². The number of hydrogen-bond donors (Lipinski definition) is 1. The lowest BCUT2D eigenvalue weighted by atomic mass is 10.1. The third-order valence-electron chi connectivity index (χ3n) is 6.88. The molecule has 2 bridgehead atoms. The molecule has 0 radical (unpaired) electrons. The normalized spacial score (nSPS) is 21.3. The van der Waals surface area contributed by atoms with E-state index in [1.54, 1.807) is 6.20 Å². The van der Waals surface area contributed by atoms with Crippen molar-refractivity contribution in [3.63, 3.8) is 0 Å². The number of carbonyl (C=O) groups is 1. The third-order valence-corrected chi connectivity index (χ3v) is 6.88. The van der Waals surface area contributed by atoms with Gasteiger partial charge in [0.25, 0.3) is 0 Å². The first-order valence-electron chi connectivity index (χ1n) is 12.7. The Labute approximate surface area is 227 Å². The Bertz CT molecular complexity index is 1440. The van der Waals surface area contributed by atoms with E-state index in [0.29, 0.717) is 37.6 Å². The average Bonchev–Trinajstić information content (AvgIpc) is 3.50. The molecule has 0 aliphatic carbocycles. The lowest BCUT2D eigenvalue weighted by molar-refractivity contribution is -0.141. The number of rotatable bonds is 5. The second kappa shape index (κ2) is 9.86. The molecule has 1 N–H and O–H groups in total. The molecule has 1 unspecified atom stereocenters. The molecule has 2 amide bonds. The molecule has 3 aromatic rings. The number of ether oxygens (including phenoxy) is 3. The number of amides is 2.